The monoisotopic (exact) mass is 408 g/mol. The Hall–Kier alpha value is -4.18. The Morgan fingerprint density at radius 3 is 1.68 bits per heavy atom. The van der Waals surface area contributed by atoms with E-state index in [4.69, 9.17) is 4.74 Å². The van der Waals surface area contributed by atoms with Gasteiger partial charge in [-0.2, -0.15) is 0 Å². The third kappa shape index (κ3) is 4.54. The molecule has 0 radical (unpaired) electrons. The van der Waals surface area contributed by atoms with Gasteiger partial charge in [-0.25, -0.2) is 9.59 Å². The highest BCUT2D eigenvalue weighted by Crippen LogP contribution is 2.30. The number of rotatable bonds is 6. The highest BCUT2D eigenvalue weighted by molar-refractivity contribution is 6.02. The van der Waals surface area contributed by atoms with Crippen LogP contribution >= 0.6 is 0 Å². The van der Waals surface area contributed by atoms with Crippen LogP contribution in [0.1, 0.15) is 37.9 Å². The summed E-state index contributed by atoms with van der Waals surface area (Å²) in [4.78, 5) is 24.4. The van der Waals surface area contributed by atoms with E-state index in [1.54, 1.807) is 12.1 Å². The summed E-state index contributed by atoms with van der Waals surface area (Å²) in [6.07, 6.45) is -0.666. The van der Waals surface area contributed by atoms with Crippen LogP contribution in [0.5, 0.6) is 0 Å². The van der Waals surface area contributed by atoms with E-state index >= 15 is 0 Å². The number of carboxylic acids is 1. The molecule has 4 nitrogen and oxygen atoms in total. The molecule has 0 fully saturated rings. The molecule has 1 unspecified atom stereocenters. The van der Waals surface area contributed by atoms with Crippen LogP contribution in [-0.4, -0.2) is 17.0 Å². The Morgan fingerprint density at radius 2 is 1.06 bits per heavy atom. The van der Waals surface area contributed by atoms with Gasteiger partial charge in [0.05, 0.1) is 11.1 Å². The van der Waals surface area contributed by atoms with E-state index in [-0.39, 0.29) is 11.1 Å². The van der Waals surface area contributed by atoms with Crippen LogP contribution in [-0.2, 0) is 4.74 Å². The normalized spacial score (nSPS) is 11.5. The SMILES string of the molecule is O=C(O)c1ccccc1C(=O)OC(c1ccccc1)c1ccc(-c2ccccc2)cc1. The number of benzene rings is 4. The summed E-state index contributed by atoms with van der Waals surface area (Å²) >= 11 is 0. The minimum absolute atomic E-state index is 0.0248. The van der Waals surface area contributed by atoms with Crippen LogP contribution in [0.15, 0.2) is 109 Å². The first-order valence-electron chi connectivity index (χ1n) is 9.87. The Kier molecular flexibility index (Phi) is 5.90. The molecule has 31 heavy (non-hydrogen) atoms. The molecular weight excluding hydrogens is 388 g/mol. The lowest BCUT2D eigenvalue weighted by Gasteiger charge is -2.20. The summed E-state index contributed by atoms with van der Waals surface area (Å²) in [7, 11) is 0. The zero-order chi connectivity index (χ0) is 21.6. The lowest BCUT2D eigenvalue weighted by Crippen LogP contribution is -2.16. The second kappa shape index (κ2) is 9.09. The van der Waals surface area contributed by atoms with Gasteiger partial charge in [0.25, 0.3) is 0 Å². The highest BCUT2D eigenvalue weighted by atomic mass is 16.5. The third-order valence-corrected chi connectivity index (χ3v) is 5.03. The van der Waals surface area contributed by atoms with Crippen molar-refractivity contribution in [1.82, 2.24) is 0 Å². The molecule has 0 aromatic heterocycles. The predicted octanol–water partition coefficient (Wildman–Crippen LogP) is 6.00. The van der Waals surface area contributed by atoms with Crippen LogP contribution in [0.3, 0.4) is 0 Å². The molecule has 0 amide bonds. The molecule has 1 N–H and O–H groups in total. The zero-order valence-electron chi connectivity index (χ0n) is 16.6. The molecule has 0 heterocycles. The van der Waals surface area contributed by atoms with Crippen molar-refractivity contribution in [1.29, 1.82) is 0 Å². The number of hydrogen-bond donors (Lipinski definition) is 1. The fourth-order valence-corrected chi connectivity index (χ4v) is 3.46. The fourth-order valence-electron chi connectivity index (χ4n) is 3.46. The quantitative estimate of drug-likeness (QED) is 0.398. The summed E-state index contributed by atoms with van der Waals surface area (Å²) in [5.74, 6) is -1.85. The molecule has 4 aromatic rings. The number of aromatic carboxylic acids is 1. The van der Waals surface area contributed by atoms with E-state index in [1.807, 2.05) is 84.9 Å². The van der Waals surface area contributed by atoms with E-state index < -0.39 is 18.0 Å². The van der Waals surface area contributed by atoms with Crippen molar-refractivity contribution in [2.24, 2.45) is 0 Å². The number of carbonyl (C=O) groups is 2. The van der Waals surface area contributed by atoms with Crippen LogP contribution in [0.4, 0.5) is 0 Å². The van der Waals surface area contributed by atoms with Crippen LogP contribution in [0, 0.1) is 0 Å². The summed E-state index contributed by atoms with van der Waals surface area (Å²) in [6.45, 7) is 0. The van der Waals surface area contributed by atoms with Crippen molar-refractivity contribution in [2.75, 3.05) is 0 Å². The zero-order valence-corrected chi connectivity index (χ0v) is 16.6. The largest absolute Gasteiger partial charge is 0.478 e. The lowest BCUT2D eigenvalue weighted by atomic mass is 9.98. The summed E-state index contributed by atoms with van der Waals surface area (Å²) < 4.78 is 5.84. The minimum atomic E-state index is -1.17. The Morgan fingerprint density at radius 1 is 0.581 bits per heavy atom. The van der Waals surface area contributed by atoms with Crippen molar-refractivity contribution in [3.8, 4) is 11.1 Å². The highest BCUT2D eigenvalue weighted by Gasteiger charge is 2.23. The van der Waals surface area contributed by atoms with E-state index in [2.05, 4.69) is 0 Å². The average molecular weight is 408 g/mol. The van der Waals surface area contributed by atoms with Gasteiger partial charge in [-0.1, -0.05) is 97.1 Å². The van der Waals surface area contributed by atoms with Crippen molar-refractivity contribution < 1.29 is 19.4 Å². The molecule has 4 rings (SSSR count). The molecule has 0 aliphatic rings. The molecule has 1 atom stereocenters. The Labute approximate surface area is 180 Å². The summed E-state index contributed by atoms with van der Waals surface area (Å²) in [6, 6.07) is 33.3. The second-order valence-electron chi connectivity index (χ2n) is 7.03. The van der Waals surface area contributed by atoms with Crippen molar-refractivity contribution >= 4 is 11.9 Å². The topological polar surface area (TPSA) is 63.6 Å². The van der Waals surface area contributed by atoms with Gasteiger partial charge < -0.3 is 9.84 Å². The maximum Gasteiger partial charge on any atom is 0.339 e. The minimum Gasteiger partial charge on any atom is -0.478 e. The molecule has 0 saturated carbocycles. The second-order valence-corrected chi connectivity index (χ2v) is 7.03. The first-order valence-corrected chi connectivity index (χ1v) is 9.87. The molecule has 0 bridgehead atoms. The molecule has 0 spiro atoms. The van der Waals surface area contributed by atoms with Gasteiger partial charge in [-0.15, -0.1) is 0 Å². The number of carboxylic acid groups (broad SMARTS) is 1. The number of esters is 1. The molecule has 4 heteroatoms. The Bertz CT molecular complexity index is 1180. The van der Waals surface area contributed by atoms with Gasteiger partial charge in [0.2, 0.25) is 0 Å². The average Bonchev–Trinajstić information content (AvgIpc) is 2.83. The van der Waals surface area contributed by atoms with E-state index in [0.717, 1.165) is 22.3 Å². The number of hydrogen-bond acceptors (Lipinski definition) is 3. The van der Waals surface area contributed by atoms with E-state index in [0.29, 0.717) is 0 Å². The van der Waals surface area contributed by atoms with Crippen molar-refractivity contribution in [3.63, 3.8) is 0 Å². The van der Waals surface area contributed by atoms with Gasteiger partial charge in [0.15, 0.2) is 6.10 Å². The fraction of sp³-hybridized carbons (Fsp3) is 0.0370. The standard InChI is InChI=1S/C27H20O4/c28-26(29)23-13-7-8-14-24(23)27(30)31-25(21-11-5-2-6-12-21)22-17-15-20(16-18-22)19-9-3-1-4-10-19/h1-18,25H,(H,28,29). The Balaban J connectivity index is 1.68. The molecule has 0 aliphatic carbocycles. The van der Waals surface area contributed by atoms with Crippen LogP contribution < -0.4 is 0 Å². The molecule has 0 saturated heterocycles. The van der Waals surface area contributed by atoms with E-state index in [1.165, 1.54) is 12.1 Å². The van der Waals surface area contributed by atoms with Gasteiger partial charge in [0.1, 0.15) is 0 Å². The van der Waals surface area contributed by atoms with Gasteiger partial charge >= 0.3 is 11.9 Å². The predicted molar refractivity (Wildman–Crippen MR) is 119 cm³/mol. The van der Waals surface area contributed by atoms with Gasteiger partial charge in [-0.05, 0) is 34.4 Å². The first kappa shape index (κ1) is 20.1. The maximum atomic E-state index is 12.9. The summed E-state index contributed by atoms with van der Waals surface area (Å²) in [5.41, 5.74) is 3.69. The number of carbonyl (C=O) groups excluding carboxylic acids is 1. The molecule has 4 aromatic carbocycles. The number of ether oxygens (including phenoxy) is 1. The molecular formula is C27H20O4. The maximum absolute atomic E-state index is 12.9. The van der Waals surface area contributed by atoms with Gasteiger partial charge in [0, 0.05) is 0 Å². The van der Waals surface area contributed by atoms with Crippen molar-refractivity contribution in [2.45, 2.75) is 6.10 Å². The summed E-state index contributed by atoms with van der Waals surface area (Å²) in [5, 5.41) is 9.41. The third-order valence-electron chi connectivity index (χ3n) is 5.03. The molecule has 0 aliphatic heterocycles. The smallest absolute Gasteiger partial charge is 0.339 e. The first-order chi connectivity index (χ1) is 15.1. The lowest BCUT2D eigenvalue weighted by molar-refractivity contribution is 0.0371. The van der Waals surface area contributed by atoms with Crippen LogP contribution in [0.25, 0.3) is 11.1 Å². The van der Waals surface area contributed by atoms with Crippen molar-refractivity contribution in [3.05, 3.63) is 131 Å². The molecule has 152 valence electrons. The van der Waals surface area contributed by atoms with E-state index in [9.17, 15) is 14.7 Å². The van der Waals surface area contributed by atoms with Gasteiger partial charge in [-0.3, -0.25) is 0 Å². The van der Waals surface area contributed by atoms with Crippen LogP contribution in [0.2, 0.25) is 0 Å².